The van der Waals surface area contributed by atoms with Gasteiger partial charge in [-0.3, -0.25) is 0 Å². The van der Waals surface area contributed by atoms with E-state index >= 15 is 0 Å². The lowest BCUT2D eigenvalue weighted by molar-refractivity contribution is 0.319. The summed E-state index contributed by atoms with van der Waals surface area (Å²) >= 11 is 0. The number of hydrogen-bond donors (Lipinski definition) is 2. The number of ether oxygens (including phenoxy) is 1. The number of nitrogens with two attached hydrogens (primary N) is 1. The quantitative estimate of drug-likeness (QED) is 0.616. The summed E-state index contributed by atoms with van der Waals surface area (Å²) in [6, 6.07) is 6.42. The summed E-state index contributed by atoms with van der Waals surface area (Å²) in [7, 11) is 0. The Morgan fingerprint density at radius 2 is 2.28 bits per heavy atom. The van der Waals surface area contributed by atoms with Crippen LogP contribution in [0.1, 0.15) is 32.6 Å². The van der Waals surface area contributed by atoms with Crippen molar-refractivity contribution >= 4 is 11.4 Å². The first-order valence-electron chi connectivity index (χ1n) is 6.74. The van der Waals surface area contributed by atoms with Gasteiger partial charge in [-0.05, 0) is 37.8 Å². The van der Waals surface area contributed by atoms with Gasteiger partial charge in [0, 0.05) is 6.04 Å². The summed E-state index contributed by atoms with van der Waals surface area (Å²) in [6.45, 7) is 2.80. The van der Waals surface area contributed by atoms with E-state index in [9.17, 15) is 0 Å². The number of hydrogen-bond acceptors (Lipinski definition) is 3. The van der Waals surface area contributed by atoms with Gasteiger partial charge < -0.3 is 15.8 Å². The fourth-order valence-electron chi connectivity index (χ4n) is 2.15. The predicted molar refractivity (Wildman–Crippen MR) is 77.0 cm³/mol. The standard InChI is InChI=1S/C15H22N2O/c1-2-11-18-14-10-6-9-13(15(14)16)17-12-7-4-3-5-8-12/h3-4,6,9-10,12,17H,2,5,7-8,11,16H2,1H3. The van der Waals surface area contributed by atoms with Crippen LogP contribution >= 0.6 is 0 Å². The molecule has 0 saturated heterocycles. The van der Waals surface area contributed by atoms with Crippen molar-refractivity contribution < 1.29 is 4.74 Å². The van der Waals surface area contributed by atoms with Gasteiger partial charge in [0.25, 0.3) is 0 Å². The third-order valence-corrected chi connectivity index (χ3v) is 3.16. The summed E-state index contributed by atoms with van der Waals surface area (Å²) in [5.74, 6) is 0.785. The van der Waals surface area contributed by atoms with Crippen LogP contribution in [0.25, 0.3) is 0 Å². The first-order valence-corrected chi connectivity index (χ1v) is 6.74. The maximum absolute atomic E-state index is 6.14. The highest BCUT2D eigenvalue weighted by Gasteiger charge is 2.12. The molecule has 0 spiro atoms. The molecule has 0 heterocycles. The minimum absolute atomic E-state index is 0.485. The lowest BCUT2D eigenvalue weighted by atomic mass is 10.0. The fraction of sp³-hybridized carbons (Fsp3) is 0.467. The largest absolute Gasteiger partial charge is 0.491 e. The van der Waals surface area contributed by atoms with Crippen LogP contribution in [0.15, 0.2) is 30.4 Å². The number of benzene rings is 1. The van der Waals surface area contributed by atoms with Gasteiger partial charge in [-0.1, -0.05) is 25.1 Å². The molecule has 0 aliphatic heterocycles. The van der Waals surface area contributed by atoms with Crippen molar-refractivity contribution in [3.8, 4) is 5.75 Å². The van der Waals surface area contributed by atoms with Gasteiger partial charge in [0.1, 0.15) is 5.75 Å². The van der Waals surface area contributed by atoms with Crippen molar-refractivity contribution in [1.29, 1.82) is 0 Å². The van der Waals surface area contributed by atoms with Crippen LogP contribution in [-0.2, 0) is 0 Å². The molecule has 0 saturated carbocycles. The van der Waals surface area contributed by atoms with Crippen molar-refractivity contribution in [1.82, 2.24) is 0 Å². The highest BCUT2D eigenvalue weighted by atomic mass is 16.5. The van der Waals surface area contributed by atoms with Crippen molar-refractivity contribution in [2.24, 2.45) is 0 Å². The molecule has 1 unspecified atom stereocenters. The minimum Gasteiger partial charge on any atom is -0.491 e. The van der Waals surface area contributed by atoms with Crippen LogP contribution in [0.4, 0.5) is 11.4 Å². The molecule has 0 bridgehead atoms. The molecule has 3 heteroatoms. The van der Waals surface area contributed by atoms with Gasteiger partial charge in [-0.25, -0.2) is 0 Å². The molecular weight excluding hydrogens is 224 g/mol. The highest BCUT2D eigenvalue weighted by molar-refractivity contribution is 5.73. The molecule has 1 atom stereocenters. The molecule has 1 aliphatic carbocycles. The van der Waals surface area contributed by atoms with E-state index in [1.54, 1.807) is 0 Å². The zero-order valence-electron chi connectivity index (χ0n) is 11.0. The SMILES string of the molecule is CCCOc1cccc(NC2CC=CCC2)c1N. The number of nitrogen functional groups attached to an aromatic ring is 1. The van der Waals surface area contributed by atoms with E-state index in [1.807, 2.05) is 18.2 Å². The second kappa shape index (κ2) is 6.34. The Bertz CT molecular complexity index is 415. The second-order valence-electron chi connectivity index (χ2n) is 4.69. The highest BCUT2D eigenvalue weighted by Crippen LogP contribution is 2.31. The molecule has 0 fully saturated rings. The van der Waals surface area contributed by atoms with Gasteiger partial charge in [0.15, 0.2) is 0 Å². The molecule has 0 amide bonds. The minimum atomic E-state index is 0.485. The molecule has 0 radical (unpaired) electrons. The lowest BCUT2D eigenvalue weighted by Crippen LogP contribution is -2.21. The van der Waals surface area contributed by atoms with E-state index in [1.165, 1.54) is 0 Å². The van der Waals surface area contributed by atoms with Crippen LogP contribution in [0.5, 0.6) is 5.75 Å². The third-order valence-electron chi connectivity index (χ3n) is 3.16. The van der Waals surface area contributed by atoms with Crippen molar-refractivity contribution in [3.63, 3.8) is 0 Å². The molecule has 2 rings (SSSR count). The summed E-state index contributed by atoms with van der Waals surface area (Å²) in [4.78, 5) is 0. The number of para-hydroxylation sites is 1. The van der Waals surface area contributed by atoms with Gasteiger partial charge in [0.05, 0.1) is 18.0 Å². The van der Waals surface area contributed by atoms with E-state index < -0.39 is 0 Å². The lowest BCUT2D eigenvalue weighted by Gasteiger charge is -2.22. The predicted octanol–water partition coefficient (Wildman–Crippen LogP) is 3.58. The normalized spacial score (nSPS) is 18.6. The van der Waals surface area contributed by atoms with Crippen LogP contribution in [-0.4, -0.2) is 12.6 Å². The Balaban J connectivity index is 2.05. The first kappa shape index (κ1) is 12.8. The Morgan fingerprint density at radius 3 is 3.00 bits per heavy atom. The molecule has 1 aromatic carbocycles. The maximum atomic E-state index is 6.14. The van der Waals surface area contributed by atoms with E-state index in [0.717, 1.165) is 42.8 Å². The number of rotatable bonds is 5. The van der Waals surface area contributed by atoms with Crippen LogP contribution < -0.4 is 15.8 Å². The number of allylic oxidation sites excluding steroid dienone is 1. The summed E-state index contributed by atoms with van der Waals surface area (Å²) in [5.41, 5.74) is 7.85. The molecule has 0 aromatic heterocycles. The zero-order chi connectivity index (χ0) is 12.8. The Kier molecular flexibility index (Phi) is 4.51. The second-order valence-corrected chi connectivity index (χ2v) is 4.69. The first-order chi connectivity index (χ1) is 8.81. The fourth-order valence-corrected chi connectivity index (χ4v) is 2.15. The smallest absolute Gasteiger partial charge is 0.144 e. The van der Waals surface area contributed by atoms with Crippen LogP contribution in [0.3, 0.4) is 0 Å². The number of anilines is 2. The molecule has 98 valence electrons. The topological polar surface area (TPSA) is 47.3 Å². The van der Waals surface area contributed by atoms with E-state index in [4.69, 9.17) is 10.5 Å². The zero-order valence-corrected chi connectivity index (χ0v) is 11.0. The van der Waals surface area contributed by atoms with Crippen molar-refractivity contribution in [3.05, 3.63) is 30.4 Å². The molecular formula is C15H22N2O. The van der Waals surface area contributed by atoms with Gasteiger partial charge in [0.2, 0.25) is 0 Å². The van der Waals surface area contributed by atoms with Crippen molar-refractivity contribution in [2.45, 2.75) is 38.6 Å². The van der Waals surface area contributed by atoms with E-state index in [0.29, 0.717) is 12.6 Å². The van der Waals surface area contributed by atoms with Gasteiger partial charge in [-0.15, -0.1) is 0 Å². The van der Waals surface area contributed by atoms with Gasteiger partial charge in [-0.2, -0.15) is 0 Å². The molecule has 18 heavy (non-hydrogen) atoms. The number of nitrogens with one attached hydrogen (secondary N) is 1. The Hall–Kier alpha value is -1.64. The summed E-state index contributed by atoms with van der Waals surface area (Å²) in [5, 5.41) is 3.51. The van der Waals surface area contributed by atoms with E-state index in [2.05, 4.69) is 24.4 Å². The molecule has 1 aliphatic rings. The summed E-state index contributed by atoms with van der Waals surface area (Å²) in [6.07, 6.45) is 8.83. The molecule has 3 N–H and O–H groups in total. The molecule has 1 aromatic rings. The Morgan fingerprint density at radius 1 is 1.39 bits per heavy atom. The van der Waals surface area contributed by atoms with Crippen molar-refractivity contribution in [2.75, 3.05) is 17.7 Å². The van der Waals surface area contributed by atoms with Crippen LogP contribution in [0, 0.1) is 0 Å². The maximum Gasteiger partial charge on any atom is 0.144 e. The van der Waals surface area contributed by atoms with Gasteiger partial charge >= 0.3 is 0 Å². The third kappa shape index (κ3) is 3.19. The average Bonchev–Trinajstić information content (AvgIpc) is 2.41. The van der Waals surface area contributed by atoms with E-state index in [-0.39, 0.29) is 0 Å². The summed E-state index contributed by atoms with van der Waals surface area (Å²) < 4.78 is 5.64. The molecule has 3 nitrogen and oxygen atoms in total. The Labute approximate surface area is 109 Å². The van der Waals surface area contributed by atoms with Crippen LogP contribution in [0.2, 0.25) is 0 Å². The monoisotopic (exact) mass is 246 g/mol. The average molecular weight is 246 g/mol.